The number of rotatable bonds is 5. The molecule has 1 aromatic rings. The van der Waals surface area contributed by atoms with Gasteiger partial charge in [-0.15, -0.1) is 0 Å². The number of methoxy groups -OCH3 is 1. The summed E-state index contributed by atoms with van der Waals surface area (Å²) in [5.74, 6) is 0.150. The number of anilines is 2. The lowest BCUT2D eigenvalue weighted by Crippen LogP contribution is -2.38. The smallest absolute Gasteiger partial charge is 0.310 e. The number of fused-ring (bicyclic) bond motifs is 1. The van der Waals surface area contributed by atoms with Crippen LogP contribution in [0.4, 0.5) is 11.4 Å². The first-order valence-corrected chi connectivity index (χ1v) is 6.95. The Labute approximate surface area is 124 Å². The molecule has 21 heavy (non-hydrogen) atoms. The number of hydrogen-bond donors (Lipinski definition) is 1. The summed E-state index contributed by atoms with van der Waals surface area (Å²) in [5, 5.41) is 3.17. The molecule has 0 fully saturated rings. The second-order valence-corrected chi connectivity index (χ2v) is 4.91. The SMILES string of the molecule is CCN1C(=O)COc2cc(NCC(C)C(=O)OC)ccc21. The average molecular weight is 292 g/mol. The predicted octanol–water partition coefficient (Wildman–Crippen LogP) is 1.65. The zero-order valence-corrected chi connectivity index (χ0v) is 12.5. The van der Waals surface area contributed by atoms with Crippen LogP contribution in [0.3, 0.4) is 0 Å². The molecule has 1 aliphatic heterocycles. The van der Waals surface area contributed by atoms with Gasteiger partial charge in [-0.25, -0.2) is 0 Å². The van der Waals surface area contributed by atoms with E-state index in [1.165, 1.54) is 7.11 Å². The van der Waals surface area contributed by atoms with Gasteiger partial charge in [0, 0.05) is 24.8 Å². The quantitative estimate of drug-likeness (QED) is 0.836. The number of carbonyl (C=O) groups is 2. The molecule has 1 heterocycles. The minimum absolute atomic E-state index is 0.0370. The Balaban J connectivity index is 2.08. The van der Waals surface area contributed by atoms with Gasteiger partial charge in [0.05, 0.1) is 18.7 Å². The van der Waals surface area contributed by atoms with Crippen molar-refractivity contribution in [2.75, 3.05) is 37.0 Å². The molecule has 2 rings (SSSR count). The van der Waals surface area contributed by atoms with E-state index in [9.17, 15) is 9.59 Å². The average Bonchev–Trinajstić information content (AvgIpc) is 2.51. The molecule has 0 saturated heterocycles. The standard InChI is InChI=1S/C15H20N2O4/c1-4-17-12-6-5-11(7-13(12)21-9-14(17)18)16-8-10(2)15(19)20-3/h5-7,10,16H,4,8-9H2,1-3H3. The normalized spacial score (nSPS) is 15.0. The van der Waals surface area contributed by atoms with Crippen LogP contribution >= 0.6 is 0 Å². The van der Waals surface area contributed by atoms with E-state index in [1.807, 2.05) is 25.1 Å². The lowest BCUT2D eigenvalue weighted by Gasteiger charge is -2.28. The molecule has 0 spiro atoms. The molecule has 0 aliphatic carbocycles. The van der Waals surface area contributed by atoms with Crippen LogP contribution in [0.5, 0.6) is 5.75 Å². The largest absolute Gasteiger partial charge is 0.481 e. The summed E-state index contributed by atoms with van der Waals surface area (Å²) >= 11 is 0. The number of nitrogens with one attached hydrogen (secondary N) is 1. The number of amides is 1. The third-order valence-corrected chi connectivity index (χ3v) is 3.43. The highest BCUT2D eigenvalue weighted by molar-refractivity contribution is 5.98. The summed E-state index contributed by atoms with van der Waals surface area (Å²) in [4.78, 5) is 24.8. The topological polar surface area (TPSA) is 67.9 Å². The molecule has 1 aromatic carbocycles. The van der Waals surface area contributed by atoms with Crippen molar-refractivity contribution in [2.45, 2.75) is 13.8 Å². The lowest BCUT2D eigenvalue weighted by molar-refractivity contribution is -0.144. The monoisotopic (exact) mass is 292 g/mol. The lowest BCUT2D eigenvalue weighted by atomic mass is 10.1. The fourth-order valence-electron chi connectivity index (χ4n) is 2.22. The number of likely N-dealkylation sites (N-methyl/N-ethyl adjacent to an activating group) is 1. The summed E-state index contributed by atoms with van der Waals surface area (Å²) < 4.78 is 10.1. The van der Waals surface area contributed by atoms with E-state index in [2.05, 4.69) is 10.1 Å². The van der Waals surface area contributed by atoms with Crippen LogP contribution in [0.2, 0.25) is 0 Å². The van der Waals surface area contributed by atoms with Crippen molar-refractivity contribution in [3.05, 3.63) is 18.2 Å². The van der Waals surface area contributed by atoms with Crippen LogP contribution in [0.1, 0.15) is 13.8 Å². The number of carbonyl (C=O) groups excluding carboxylic acids is 2. The molecule has 1 atom stereocenters. The third-order valence-electron chi connectivity index (χ3n) is 3.43. The van der Waals surface area contributed by atoms with Gasteiger partial charge in [0.25, 0.3) is 5.91 Å². The summed E-state index contributed by atoms with van der Waals surface area (Å²) in [6, 6.07) is 5.56. The fraction of sp³-hybridized carbons (Fsp3) is 0.467. The Morgan fingerprint density at radius 3 is 2.95 bits per heavy atom. The second kappa shape index (κ2) is 6.47. The van der Waals surface area contributed by atoms with E-state index in [4.69, 9.17) is 4.74 Å². The van der Waals surface area contributed by atoms with Gasteiger partial charge in [-0.2, -0.15) is 0 Å². The molecule has 6 heteroatoms. The predicted molar refractivity (Wildman–Crippen MR) is 79.6 cm³/mol. The summed E-state index contributed by atoms with van der Waals surface area (Å²) in [7, 11) is 1.38. The van der Waals surface area contributed by atoms with Crippen molar-refractivity contribution in [3.63, 3.8) is 0 Å². The molecule has 0 aromatic heterocycles. The summed E-state index contributed by atoms with van der Waals surface area (Å²) in [6.45, 7) is 4.87. The van der Waals surface area contributed by atoms with Crippen LogP contribution < -0.4 is 15.0 Å². The molecular formula is C15H20N2O4. The highest BCUT2D eigenvalue weighted by Crippen LogP contribution is 2.34. The highest BCUT2D eigenvalue weighted by atomic mass is 16.5. The van der Waals surface area contributed by atoms with Crippen molar-refractivity contribution in [1.29, 1.82) is 0 Å². The molecule has 6 nitrogen and oxygen atoms in total. The Morgan fingerprint density at radius 2 is 2.29 bits per heavy atom. The molecule has 0 radical (unpaired) electrons. The molecule has 1 aliphatic rings. The van der Waals surface area contributed by atoms with Gasteiger partial charge in [0.2, 0.25) is 0 Å². The zero-order valence-electron chi connectivity index (χ0n) is 12.5. The molecule has 1 N–H and O–H groups in total. The Hall–Kier alpha value is -2.24. The van der Waals surface area contributed by atoms with Crippen LogP contribution in [-0.4, -0.2) is 38.7 Å². The first-order chi connectivity index (χ1) is 10.1. The van der Waals surface area contributed by atoms with Gasteiger partial charge in [-0.1, -0.05) is 6.92 Å². The molecule has 1 amide bonds. The van der Waals surface area contributed by atoms with Crippen LogP contribution in [-0.2, 0) is 14.3 Å². The van der Waals surface area contributed by atoms with Gasteiger partial charge >= 0.3 is 5.97 Å². The number of ether oxygens (including phenoxy) is 2. The molecule has 114 valence electrons. The van der Waals surface area contributed by atoms with Crippen molar-refractivity contribution in [3.8, 4) is 5.75 Å². The van der Waals surface area contributed by atoms with Crippen molar-refractivity contribution in [1.82, 2.24) is 0 Å². The van der Waals surface area contributed by atoms with Gasteiger partial charge in [0.1, 0.15) is 5.75 Å². The maximum Gasteiger partial charge on any atom is 0.310 e. The Kier molecular flexibility index (Phi) is 4.67. The van der Waals surface area contributed by atoms with Gasteiger partial charge in [-0.3, -0.25) is 9.59 Å². The Morgan fingerprint density at radius 1 is 1.52 bits per heavy atom. The molecular weight excluding hydrogens is 272 g/mol. The second-order valence-electron chi connectivity index (χ2n) is 4.91. The minimum atomic E-state index is -0.250. The number of nitrogens with zero attached hydrogens (tertiary/aromatic N) is 1. The first-order valence-electron chi connectivity index (χ1n) is 6.95. The van der Waals surface area contributed by atoms with Gasteiger partial charge in [0.15, 0.2) is 6.61 Å². The minimum Gasteiger partial charge on any atom is -0.481 e. The van der Waals surface area contributed by atoms with E-state index < -0.39 is 0 Å². The van der Waals surface area contributed by atoms with E-state index in [0.29, 0.717) is 18.8 Å². The third kappa shape index (κ3) is 3.26. The van der Waals surface area contributed by atoms with Gasteiger partial charge < -0.3 is 19.7 Å². The van der Waals surface area contributed by atoms with Crippen molar-refractivity contribution < 1.29 is 19.1 Å². The number of benzene rings is 1. The maximum absolute atomic E-state index is 11.7. The summed E-state index contributed by atoms with van der Waals surface area (Å²) in [6.07, 6.45) is 0. The van der Waals surface area contributed by atoms with E-state index >= 15 is 0 Å². The molecule has 1 unspecified atom stereocenters. The number of hydrogen-bond acceptors (Lipinski definition) is 5. The van der Waals surface area contributed by atoms with Crippen LogP contribution in [0.25, 0.3) is 0 Å². The highest BCUT2D eigenvalue weighted by Gasteiger charge is 2.24. The number of esters is 1. The molecule has 0 saturated carbocycles. The maximum atomic E-state index is 11.7. The van der Waals surface area contributed by atoms with Crippen LogP contribution in [0, 0.1) is 5.92 Å². The summed E-state index contributed by atoms with van der Waals surface area (Å²) in [5.41, 5.74) is 1.62. The Bertz CT molecular complexity index is 544. The van der Waals surface area contributed by atoms with Crippen molar-refractivity contribution >= 4 is 23.3 Å². The van der Waals surface area contributed by atoms with Crippen LogP contribution in [0.15, 0.2) is 18.2 Å². The van der Waals surface area contributed by atoms with Crippen molar-refractivity contribution in [2.24, 2.45) is 5.92 Å². The fourth-order valence-corrected chi connectivity index (χ4v) is 2.22. The van der Waals surface area contributed by atoms with E-state index in [0.717, 1.165) is 11.4 Å². The van der Waals surface area contributed by atoms with E-state index in [1.54, 1.807) is 11.8 Å². The van der Waals surface area contributed by atoms with E-state index in [-0.39, 0.29) is 24.4 Å². The van der Waals surface area contributed by atoms with Gasteiger partial charge in [-0.05, 0) is 19.1 Å². The molecule has 0 bridgehead atoms. The first kappa shape index (κ1) is 15.2. The zero-order chi connectivity index (χ0) is 15.4.